The molecule has 1 aliphatic rings. The minimum absolute atomic E-state index is 0.320. The lowest BCUT2D eigenvalue weighted by atomic mass is 10.0. The Balaban J connectivity index is 1.89. The van der Waals surface area contributed by atoms with Crippen LogP contribution in [0.2, 0.25) is 0 Å². The van der Waals surface area contributed by atoms with Crippen molar-refractivity contribution in [3.8, 4) is 22.8 Å². The van der Waals surface area contributed by atoms with Crippen LogP contribution in [0.15, 0.2) is 58.1 Å². The molecule has 0 bridgehead atoms. The summed E-state index contributed by atoms with van der Waals surface area (Å²) < 4.78 is 21.9. The number of nitrogens with zero attached hydrogens (tertiary/aromatic N) is 3. The number of fused-ring (bicyclic) bond motifs is 3. The van der Waals surface area contributed by atoms with Crippen LogP contribution in [-0.2, 0) is 25.4 Å². The third-order valence-electron chi connectivity index (χ3n) is 6.31. The van der Waals surface area contributed by atoms with E-state index in [2.05, 4.69) is 4.57 Å². The third-order valence-corrected chi connectivity index (χ3v) is 6.31. The Labute approximate surface area is 190 Å². The van der Waals surface area contributed by atoms with E-state index in [4.69, 9.17) is 14.2 Å². The van der Waals surface area contributed by atoms with Crippen LogP contribution in [0, 0.1) is 0 Å². The van der Waals surface area contributed by atoms with Gasteiger partial charge in [0.25, 0.3) is 5.56 Å². The van der Waals surface area contributed by atoms with E-state index in [0.717, 1.165) is 27.1 Å². The molecule has 8 heteroatoms. The molecule has 1 atom stereocenters. The monoisotopic (exact) mass is 447 g/mol. The van der Waals surface area contributed by atoms with Gasteiger partial charge < -0.3 is 18.8 Å². The third kappa shape index (κ3) is 3.09. The molecule has 0 amide bonds. The van der Waals surface area contributed by atoms with E-state index in [0.29, 0.717) is 35.6 Å². The van der Waals surface area contributed by atoms with Crippen LogP contribution in [0.3, 0.4) is 0 Å². The Morgan fingerprint density at radius 1 is 0.939 bits per heavy atom. The van der Waals surface area contributed by atoms with E-state index in [-0.39, 0.29) is 11.2 Å². The van der Waals surface area contributed by atoms with Gasteiger partial charge in [-0.15, -0.1) is 0 Å². The van der Waals surface area contributed by atoms with Crippen molar-refractivity contribution in [1.29, 1.82) is 0 Å². The maximum Gasteiger partial charge on any atom is 0.331 e. The van der Waals surface area contributed by atoms with Crippen molar-refractivity contribution in [1.82, 2.24) is 13.7 Å². The van der Waals surface area contributed by atoms with E-state index < -0.39 is 6.10 Å². The zero-order valence-corrected chi connectivity index (χ0v) is 19.0. The predicted molar refractivity (Wildman–Crippen MR) is 125 cm³/mol. The molecule has 1 aliphatic heterocycles. The molecule has 0 radical (unpaired) electrons. The highest BCUT2D eigenvalue weighted by atomic mass is 16.5. The highest BCUT2D eigenvalue weighted by Gasteiger charge is 2.33. The average Bonchev–Trinajstić information content (AvgIpc) is 3.21. The van der Waals surface area contributed by atoms with Crippen LogP contribution >= 0.6 is 0 Å². The van der Waals surface area contributed by atoms with Crippen LogP contribution in [-0.4, -0.2) is 34.5 Å². The SMILES string of the molecule is COc1ccc([C@@H]2OCCn3c(-c4ccccc4)c4c(=O)n(C)c(=O)n(C)c4c32)cc1OC. The van der Waals surface area contributed by atoms with E-state index in [1.165, 1.54) is 11.6 Å². The maximum atomic E-state index is 13.4. The summed E-state index contributed by atoms with van der Waals surface area (Å²) in [5.41, 5.74) is 3.22. The molecule has 0 unspecified atom stereocenters. The number of benzene rings is 2. The van der Waals surface area contributed by atoms with Crippen molar-refractivity contribution in [3.63, 3.8) is 0 Å². The van der Waals surface area contributed by atoms with Gasteiger partial charge in [-0.3, -0.25) is 13.9 Å². The fraction of sp³-hybridized carbons (Fsp3) is 0.280. The molecule has 8 nitrogen and oxygen atoms in total. The number of aromatic nitrogens is 3. The molecule has 0 N–H and O–H groups in total. The first-order valence-electron chi connectivity index (χ1n) is 10.7. The quantitative estimate of drug-likeness (QED) is 0.481. The fourth-order valence-corrected chi connectivity index (χ4v) is 4.75. The Hall–Kier alpha value is -3.78. The highest BCUT2D eigenvalue weighted by molar-refractivity contribution is 5.96. The van der Waals surface area contributed by atoms with E-state index >= 15 is 0 Å². The molecule has 0 spiro atoms. The molecule has 0 aliphatic carbocycles. The van der Waals surface area contributed by atoms with Gasteiger partial charge >= 0.3 is 5.69 Å². The molecular weight excluding hydrogens is 422 g/mol. The summed E-state index contributed by atoms with van der Waals surface area (Å²) >= 11 is 0. The number of rotatable bonds is 4. The molecular formula is C25H25N3O5. The molecule has 0 saturated carbocycles. The minimum Gasteiger partial charge on any atom is -0.493 e. The Morgan fingerprint density at radius 3 is 2.36 bits per heavy atom. The van der Waals surface area contributed by atoms with Crippen LogP contribution < -0.4 is 20.7 Å². The molecule has 5 rings (SSSR count). The lowest BCUT2D eigenvalue weighted by Crippen LogP contribution is -2.37. The molecule has 3 heterocycles. The largest absolute Gasteiger partial charge is 0.493 e. The summed E-state index contributed by atoms with van der Waals surface area (Å²) in [5, 5.41) is 0.511. The van der Waals surface area contributed by atoms with Gasteiger partial charge in [-0.2, -0.15) is 0 Å². The number of ether oxygens (including phenoxy) is 3. The zero-order chi connectivity index (χ0) is 23.3. The molecule has 0 saturated heterocycles. The first-order chi connectivity index (χ1) is 16.0. The van der Waals surface area contributed by atoms with Crippen molar-refractivity contribution in [2.24, 2.45) is 14.1 Å². The van der Waals surface area contributed by atoms with Crippen molar-refractivity contribution < 1.29 is 14.2 Å². The number of methoxy groups -OCH3 is 2. The van der Waals surface area contributed by atoms with E-state index in [1.807, 2.05) is 48.5 Å². The highest BCUT2D eigenvalue weighted by Crippen LogP contribution is 2.42. The van der Waals surface area contributed by atoms with Crippen molar-refractivity contribution in [3.05, 3.63) is 80.6 Å². The summed E-state index contributed by atoms with van der Waals surface area (Å²) in [6.45, 7) is 1.02. The summed E-state index contributed by atoms with van der Waals surface area (Å²) in [5.74, 6) is 1.20. The first-order valence-corrected chi connectivity index (χ1v) is 10.7. The number of aryl methyl sites for hydroxylation is 1. The topological polar surface area (TPSA) is 76.6 Å². The fourth-order valence-electron chi connectivity index (χ4n) is 4.75. The van der Waals surface area contributed by atoms with Crippen LogP contribution in [0.25, 0.3) is 22.2 Å². The predicted octanol–water partition coefficient (Wildman–Crippen LogP) is 2.84. The van der Waals surface area contributed by atoms with Gasteiger partial charge in [0.15, 0.2) is 11.5 Å². The molecule has 0 fully saturated rings. The second-order valence-electron chi connectivity index (χ2n) is 8.05. The molecule has 33 heavy (non-hydrogen) atoms. The number of hydrogen-bond acceptors (Lipinski definition) is 5. The summed E-state index contributed by atoms with van der Waals surface area (Å²) in [7, 11) is 6.38. The molecule has 170 valence electrons. The molecule has 2 aromatic carbocycles. The summed E-state index contributed by atoms with van der Waals surface area (Å²) in [6.07, 6.45) is -0.490. The van der Waals surface area contributed by atoms with Gasteiger partial charge in [-0.05, 0) is 23.3 Å². The molecule has 4 aromatic rings. The lowest BCUT2D eigenvalue weighted by Gasteiger charge is -2.28. The van der Waals surface area contributed by atoms with Gasteiger partial charge in [0.05, 0.1) is 43.1 Å². The zero-order valence-electron chi connectivity index (χ0n) is 19.0. The standard InChI is InChI=1S/C25H25N3O5/c1-26-21-19(24(29)27(2)25(26)30)20(15-8-6-5-7-9-15)28-12-13-33-23(22(21)28)16-10-11-17(31-3)18(14-16)32-4/h5-11,14,23H,12-13H2,1-4H3/t23-/m0/s1. The summed E-state index contributed by atoms with van der Waals surface area (Å²) in [4.78, 5) is 26.3. The first kappa shape index (κ1) is 21.1. The minimum atomic E-state index is -0.490. The summed E-state index contributed by atoms with van der Waals surface area (Å²) in [6, 6.07) is 15.4. The second kappa shape index (κ2) is 7.97. The van der Waals surface area contributed by atoms with Crippen LogP contribution in [0.4, 0.5) is 0 Å². The van der Waals surface area contributed by atoms with Crippen molar-refractivity contribution in [2.45, 2.75) is 12.6 Å². The second-order valence-corrected chi connectivity index (χ2v) is 8.05. The maximum absolute atomic E-state index is 13.4. The normalized spacial score (nSPS) is 15.5. The number of hydrogen-bond donors (Lipinski definition) is 0. The van der Waals surface area contributed by atoms with Gasteiger partial charge in [-0.25, -0.2) is 4.79 Å². The van der Waals surface area contributed by atoms with Gasteiger partial charge in [-0.1, -0.05) is 36.4 Å². The van der Waals surface area contributed by atoms with Gasteiger partial charge in [0.1, 0.15) is 6.10 Å². The van der Waals surface area contributed by atoms with Gasteiger partial charge in [0, 0.05) is 20.6 Å². The van der Waals surface area contributed by atoms with Crippen molar-refractivity contribution in [2.75, 3.05) is 20.8 Å². The molecule has 2 aromatic heterocycles. The van der Waals surface area contributed by atoms with Gasteiger partial charge in [0.2, 0.25) is 0 Å². The van der Waals surface area contributed by atoms with E-state index in [9.17, 15) is 9.59 Å². The Bertz CT molecular complexity index is 1480. The Kier molecular flexibility index (Phi) is 5.09. The van der Waals surface area contributed by atoms with E-state index in [1.54, 1.807) is 21.3 Å². The average molecular weight is 447 g/mol. The lowest BCUT2D eigenvalue weighted by molar-refractivity contribution is 0.0477. The Morgan fingerprint density at radius 2 is 1.67 bits per heavy atom. The van der Waals surface area contributed by atoms with Crippen molar-refractivity contribution >= 4 is 10.9 Å². The van der Waals surface area contributed by atoms with Crippen LogP contribution in [0.1, 0.15) is 17.4 Å². The smallest absolute Gasteiger partial charge is 0.331 e. The van der Waals surface area contributed by atoms with Crippen LogP contribution in [0.5, 0.6) is 11.5 Å².